The minimum absolute atomic E-state index is 0.0200. The van der Waals surface area contributed by atoms with Gasteiger partial charge in [0.1, 0.15) is 0 Å². The zero-order valence-electron chi connectivity index (χ0n) is 13.0. The van der Waals surface area contributed by atoms with Gasteiger partial charge in [0.25, 0.3) is 0 Å². The maximum Gasteiger partial charge on any atom is 0.239 e. The van der Waals surface area contributed by atoms with Crippen molar-refractivity contribution in [3.05, 3.63) is 35.4 Å². The third kappa shape index (κ3) is 3.13. The van der Waals surface area contributed by atoms with Crippen molar-refractivity contribution in [2.24, 2.45) is 0 Å². The quantitative estimate of drug-likeness (QED) is 0.906. The van der Waals surface area contributed by atoms with E-state index in [-0.39, 0.29) is 18.0 Å². The average molecular weight is 286 g/mol. The molecule has 2 atom stereocenters. The minimum Gasteiger partial charge on any atom is -0.337 e. The van der Waals surface area contributed by atoms with Crippen LogP contribution in [0.4, 0.5) is 0 Å². The summed E-state index contributed by atoms with van der Waals surface area (Å²) in [5, 5.41) is 3.43. The number of likely N-dealkylation sites (N-methyl/N-ethyl adjacent to an activating group) is 1. The average Bonchev–Trinajstić information content (AvgIpc) is 2.82. The van der Waals surface area contributed by atoms with E-state index >= 15 is 0 Å². The Morgan fingerprint density at radius 2 is 2.00 bits per heavy atom. The first kappa shape index (κ1) is 14.6. The number of carbonyl (C=O) groups is 1. The van der Waals surface area contributed by atoms with Gasteiger partial charge in [0.15, 0.2) is 0 Å². The highest BCUT2D eigenvalue weighted by molar-refractivity contribution is 5.82. The van der Waals surface area contributed by atoms with Crippen LogP contribution in [0.5, 0.6) is 0 Å². The zero-order chi connectivity index (χ0) is 14.7. The van der Waals surface area contributed by atoms with Crippen molar-refractivity contribution >= 4 is 5.91 Å². The maximum atomic E-state index is 12.8. The molecule has 3 nitrogen and oxygen atoms in total. The predicted molar refractivity (Wildman–Crippen MR) is 85.1 cm³/mol. The third-order valence-corrected chi connectivity index (χ3v) is 5.01. The summed E-state index contributed by atoms with van der Waals surface area (Å²) >= 11 is 0. The number of hydrogen-bond acceptors (Lipinski definition) is 2. The lowest BCUT2D eigenvalue weighted by Crippen LogP contribution is -2.46. The number of benzene rings is 1. The summed E-state index contributed by atoms with van der Waals surface area (Å²) < 4.78 is 0. The third-order valence-electron chi connectivity index (χ3n) is 5.01. The van der Waals surface area contributed by atoms with Gasteiger partial charge >= 0.3 is 0 Å². The van der Waals surface area contributed by atoms with E-state index in [1.54, 1.807) is 0 Å². The van der Waals surface area contributed by atoms with Gasteiger partial charge in [-0.15, -0.1) is 0 Å². The van der Waals surface area contributed by atoms with Crippen LogP contribution in [0.2, 0.25) is 0 Å². The molecule has 1 heterocycles. The van der Waals surface area contributed by atoms with Gasteiger partial charge in [0, 0.05) is 7.05 Å². The molecule has 1 aliphatic carbocycles. The molecule has 1 aromatic rings. The van der Waals surface area contributed by atoms with Crippen LogP contribution in [0.25, 0.3) is 0 Å². The molecule has 1 amide bonds. The highest BCUT2D eigenvalue weighted by Crippen LogP contribution is 2.33. The van der Waals surface area contributed by atoms with Gasteiger partial charge in [-0.3, -0.25) is 4.79 Å². The van der Waals surface area contributed by atoms with Crippen molar-refractivity contribution in [2.45, 2.75) is 57.0 Å². The smallest absolute Gasteiger partial charge is 0.239 e. The van der Waals surface area contributed by atoms with Crippen LogP contribution in [0, 0.1) is 0 Å². The summed E-state index contributed by atoms with van der Waals surface area (Å²) in [6, 6.07) is 8.89. The fraction of sp³-hybridized carbons (Fsp3) is 0.611. The van der Waals surface area contributed by atoms with E-state index < -0.39 is 0 Å². The van der Waals surface area contributed by atoms with Gasteiger partial charge in [0.05, 0.1) is 12.1 Å². The molecule has 2 aliphatic rings. The lowest BCUT2D eigenvalue weighted by Gasteiger charge is -2.35. The molecular weight excluding hydrogens is 260 g/mol. The second kappa shape index (κ2) is 6.61. The van der Waals surface area contributed by atoms with Crippen LogP contribution in [-0.4, -0.2) is 30.4 Å². The van der Waals surface area contributed by atoms with E-state index in [0.29, 0.717) is 0 Å². The van der Waals surface area contributed by atoms with Gasteiger partial charge in [-0.1, -0.05) is 37.1 Å². The van der Waals surface area contributed by atoms with Crippen molar-refractivity contribution in [3.8, 4) is 0 Å². The molecule has 1 N–H and O–H groups in total. The van der Waals surface area contributed by atoms with Gasteiger partial charge in [-0.25, -0.2) is 0 Å². The molecule has 0 saturated carbocycles. The number of rotatable bonds is 2. The molecule has 1 saturated heterocycles. The Morgan fingerprint density at radius 1 is 1.14 bits per heavy atom. The molecule has 1 aliphatic heterocycles. The number of fused-ring (bicyclic) bond motifs is 1. The van der Waals surface area contributed by atoms with Gasteiger partial charge in [-0.05, 0) is 49.8 Å². The molecule has 1 aromatic carbocycles. The first-order chi connectivity index (χ1) is 10.3. The number of aryl methyl sites for hydroxylation is 1. The van der Waals surface area contributed by atoms with E-state index in [1.165, 1.54) is 36.8 Å². The Hall–Kier alpha value is -1.35. The zero-order valence-corrected chi connectivity index (χ0v) is 13.0. The Bertz CT molecular complexity index is 492. The molecule has 0 bridgehead atoms. The summed E-state index contributed by atoms with van der Waals surface area (Å²) in [5.74, 6) is 0.276. The second-order valence-electron chi connectivity index (χ2n) is 6.41. The predicted octanol–water partition coefficient (Wildman–Crippen LogP) is 3.05. The lowest BCUT2D eigenvalue weighted by atomic mass is 9.86. The Labute approximate surface area is 127 Å². The van der Waals surface area contributed by atoms with Crippen molar-refractivity contribution < 1.29 is 4.79 Å². The van der Waals surface area contributed by atoms with Gasteiger partial charge in [0.2, 0.25) is 5.91 Å². The van der Waals surface area contributed by atoms with E-state index in [0.717, 1.165) is 25.8 Å². The molecule has 21 heavy (non-hydrogen) atoms. The molecule has 114 valence electrons. The molecule has 0 aromatic heterocycles. The SMILES string of the molecule is CN(C(=O)C1CCCCCN1)C1CCCc2ccccc21. The Kier molecular flexibility index (Phi) is 4.59. The summed E-state index contributed by atoms with van der Waals surface area (Å²) in [6.45, 7) is 0.978. The van der Waals surface area contributed by atoms with Crippen LogP contribution in [-0.2, 0) is 11.2 Å². The fourth-order valence-corrected chi connectivity index (χ4v) is 3.77. The number of nitrogens with one attached hydrogen (secondary N) is 1. The molecule has 2 unspecified atom stereocenters. The first-order valence-corrected chi connectivity index (χ1v) is 8.35. The van der Waals surface area contributed by atoms with Crippen molar-refractivity contribution in [3.63, 3.8) is 0 Å². The Balaban J connectivity index is 1.75. The van der Waals surface area contributed by atoms with Crippen LogP contribution in [0.15, 0.2) is 24.3 Å². The van der Waals surface area contributed by atoms with E-state index in [2.05, 4.69) is 29.6 Å². The largest absolute Gasteiger partial charge is 0.337 e. The standard InChI is InChI=1S/C18H26N2O/c1-20(18(21)16-11-3-2-6-13-19-16)17-12-7-9-14-8-4-5-10-15(14)17/h4-5,8,10,16-17,19H,2-3,6-7,9,11-13H2,1H3. The van der Waals surface area contributed by atoms with E-state index in [4.69, 9.17) is 0 Å². The summed E-state index contributed by atoms with van der Waals surface area (Å²) in [4.78, 5) is 14.8. The number of carbonyl (C=O) groups excluding carboxylic acids is 1. The molecule has 1 fully saturated rings. The molecule has 3 heteroatoms. The van der Waals surface area contributed by atoms with Crippen molar-refractivity contribution in [1.82, 2.24) is 10.2 Å². The molecule has 0 spiro atoms. The van der Waals surface area contributed by atoms with E-state index in [1.807, 2.05) is 11.9 Å². The topological polar surface area (TPSA) is 32.3 Å². The summed E-state index contributed by atoms with van der Waals surface area (Å²) in [5.41, 5.74) is 2.77. The number of hydrogen-bond donors (Lipinski definition) is 1. The molecular formula is C18H26N2O. The van der Waals surface area contributed by atoms with Crippen LogP contribution < -0.4 is 5.32 Å². The van der Waals surface area contributed by atoms with Crippen LogP contribution in [0.3, 0.4) is 0 Å². The lowest BCUT2D eigenvalue weighted by molar-refractivity contribution is -0.134. The number of nitrogens with zero attached hydrogens (tertiary/aromatic N) is 1. The van der Waals surface area contributed by atoms with Gasteiger partial charge in [-0.2, -0.15) is 0 Å². The van der Waals surface area contributed by atoms with E-state index in [9.17, 15) is 4.79 Å². The van der Waals surface area contributed by atoms with Crippen molar-refractivity contribution in [1.29, 1.82) is 0 Å². The molecule has 3 rings (SSSR count). The highest BCUT2D eigenvalue weighted by atomic mass is 16.2. The van der Waals surface area contributed by atoms with Crippen LogP contribution >= 0.6 is 0 Å². The maximum absolute atomic E-state index is 12.8. The normalized spacial score (nSPS) is 25.8. The monoisotopic (exact) mass is 286 g/mol. The Morgan fingerprint density at radius 3 is 2.90 bits per heavy atom. The molecule has 0 radical (unpaired) electrons. The first-order valence-electron chi connectivity index (χ1n) is 8.35. The summed E-state index contributed by atoms with van der Waals surface area (Å²) in [6.07, 6.45) is 8.00. The highest BCUT2D eigenvalue weighted by Gasteiger charge is 2.30. The fourth-order valence-electron chi connectivity index (χ4n) is 3.77. The van der Waals surface area contributed by atoms with Crippen molar-refractivity contribution in [2.75, 3.05) is 13.6 Å². The van der Waals surface area contributed by atoms with Gasteiger partial charge < -0.3 is 10.2 Å². The summed E-state index contributed by atoms with van der Waals surface area (Å²) in [7, 11) is 1.99. The number of amides is 1. The van der Waals surface area contributed by atoms with Crippen LogP contribution in [0.1, 0.15) is 55.7 Å². The second-order valence-corrected chi connectivity index (χ2v) is 6.41. The minimum atomic E-state index is 0.0200.